The Balaban J connectivity index is 0.000000980. The zero-order valence-electron chi connectivity index (χ0n) is 7.98. The maximum absolute atomic E-state index is 11.0. The SMILES string of the molecule is Cl.[O-][n+]1cccc(C2CCNCC2)c1. The predicted octanol–water partition coefficient (Wildman–Crippen LogP) is 1.21. The van der Waals surface area contributed by atoms with Gasteiger partial charge in [-0.3, -0.25) is 0 Å². The lowest BCUT2D eigenvalue weighted by Crippen LogP contribution is -2.29. The lowest BCUT2D eigenvalue weighted by molar-refractivity contribution is -0.606. The van der Waals surface area contributed by atoms with E-state index in [0.29, 0.717) is 5.92 Å². The number of aromatic nitrogens is 1. The molecule has 0 aromatic carbocycles. The van der Waals surface area contributed by atoms with E-state index in [-0.39, 0.29) is 12.4 Å². The first-order chi connectivity index (χ1) is 6.36. The molecule has 2 rings (SSSR count). The average molecular weight is 215 g/mol. The number of piperidine rings is 1. The van der Waals surface area contributed by atoms with Crippen molar-refractivity contribution in [2.24, 2.45) is 0 Å². The first-order valence-electron chi connectivity index (χ1n) is 4.76. The van der Waals surface area contributed by atoms with Gasteiger partial charge in [-0.1, -0.05) is 0 Å². The molecule has 1 N–H and O–H groups in total. The quantitative estimate of drug-likeness (QED) is 0.564. The van der Waals surface area contributed by atoms with Crippen molar-refractivity contribution in [1.29, 1.82) is 0 Å². The smallest absolute Gasteiger partial charge is 0.183 e. The van der Waals surface area contributed by atoms with Crippen LogP contribution in [0.4, 0.5) is 0 Å². The van der Waals surface area contributed by atoms with Crippen molar-refractivity contribution in [2.45, 2.75) is 18.8 Å². The van der Waals surface area contributed by atoms with Gasteiger partial charge in [-0.25, -0.2) is 0 Å². The Bertz CT molecular complexity index is 287. The maximum Gasteiger partial charge on any atom is 0.183 e. The number of pyridine rings is 1. The minimum absolute atomic E-state index is 0. The summed E-state index contributed by atoms with van der Waals surface area (Å²) in [7, 11) is 0. The third kappa shape index (κ3) is 2.59. The second-order valence-corrected chi connectivity index (χ2v) is 3.52. The summed E-state index contributed by atoms with van der Waals surface area (Å²) in [6, 6.07) is 3.87. The number of halogens is 1. The molecule has 0 saturated carbocycles. The van der Waals surface area contributed by atoms with Crippen LogP contribution >= 0.6 is 12.4 Å². The highest BCUT2D eigenvalue weighted by atomic mass is 35.5. The summed E-state index contributed by atoms with van der Waals surface area (Å²) in [5.41, 5.74) is 1.18. The molecule has 1 aliphatic rings. The first kappa shape index (κ1) is 11.3. The minimum atomic E-state index is 0. The number of hydrogen-bond acceptors (Lipinski definition) is 2. The summed E-state index contributed by atoms with van der Waals surface area (Å²) in [5, 5.41) is 14.3. The molecule has 1 saturated heterocycles. The highest BCUT2D eigenvalue weighted by Crippen LogP contribution is 2.23. The Morgan fingerprint density at radius 1 is 1.36 bits per heavy atom. The van der Waals surface area contributed by atoms with E-state index in [4.69, 9.17) is 0 Å². The average Bonchev–Trinajstić information content (AvgIpc) is 2.19. The highest BCUT2D eigenvalue weighted by Gasteiger charge is 2.16. The molecular weight excluding hydrogens is 200 g/mol. The lowest BCUT2D eigenvalue weighted by Gasteiger charge is -2.21. The molecule has 1 aliphatic heterocycles. The fourth-order valence-corrected chi connectivity index (χ4v) is 1.87. The maximum atomic E-state index is 11.0. The first-order valence-corrected chi connectivity index (χ1v) is 4.76. The van der Waals surface area contributed by atoms with Gasteiger partial charge in [0.25, 0.3) is 0 Å². The largest absolute Gasteiger partial charge is 0.619 e. The van der Waals surface area contributed by atoms with Crippen molar-refractivity contribution in [3.8, 4) is 0 Å². The minimum Gasteiger partial charge on any atom is -0.619 e. The zero-order valence-corrected chi connectivity index (χ0v) is 8.80. The van der Waals surface area contributed by atoms with Crippen molar-refractivity contribution in [3.63, 3.8) is 0 Å². The number of hydrogen-bond donors (Lipinski definition) is 1. The second-order valence-electron chi connectivity index (χ2n) is 3.52. The molecule has 78 valence electrons. The third-order valence-electron chi connectivity index (χ3n) is 2.61. The molecular formula is C10H15ClN2O. The molecule has 3 nitrogen and oxygen atoms in total. The van der Waals surface area contributed by atoms with Crippen molar-refractivity contribution in [1.82, 2.24) is 5.32 Å². The van der Waals surface area contributed by atoms with Crippen LogP contribution in [0, 0.1) is 5.21 Å². The van der Waals surface area contributed by atoms with Crippen LogP contribution < -0.4 is 10.0 Å². The molecule has 1 fully saturated rings. The standard InChI is InChI=1S/C10H14N2O.ClH/c13-12-7-1-2-10(8-12)9-3-5-11-6-4-9;/h1-2,7-9,11H,3-6H2;1H. The molecule has 0 aliphatic carbocycles. The normalized spacial score (nSPS) is 17.4. The predicted molar refractivity (Wildman–Crippen MR) is 57.5 cm³/mol. The van der Waals surface area contributed by atoms with Gasteiger partial charge in [-0.15, -0.1) is 12.4 Å². The summed E-state index contributed by atoms with van der Waals surface area (Å²) in [4.78, 5) is 0. The molecule has 0 bridgehead atoms. The molecule has 1 aromatic heterocycles. The van der Waals surface area contributed by atoms with Crippen LogP contribution in [0.5, 0.6) is 0 Å². The monoisotopic (exact) mass is 214 g/mol. The molecule has 4 heteroatoms. The summed E-state index contributed by atoms with van der Waals surface area (Å²) in [5.74, 6) is 0.572. The Morgan fingerprint density at radius 2 is 2.07 bits per heavy atom. The highest BCUT2D eigenvalue weighted by molar-refractivity contribution is 5.85. The van der Waals surface area contributed by atoms with Gasteiger partial charge in [-0.2, -0.15) is 4.73 Å². The Hall–Kier alpha value is -0.800. The van der Waals surface area contributed by atoms with E-state index >= 15 is 0 Å². The Labute approximate surface area is 90.1 Å². The van der Waals surface area contributed by atoms with E-state index in [9.17, 15) is 5.21 Å². The van der Waals surface area contributed by atoms with Crippen molar-refractivity contribution >= 4 is 12.4 Å². The van der Waals surface area contributed by atoms with E-state index in [1.54, 1.807) is 6.20 Å². The van der Waals surface area contributed by atoms with Gasteiger partial charge in [-0.05, 0) is 37.9 Å². The van der Waals surface area contributed by atoms with Crippen molar-refractivity contribution in [2.75, 3.05) is 13.1 Å². The topological polar surface area (TPSA) is 39.0 Å². The summed E-state index contributed by atoms with van der Waals surface area (Å²) >= 11 is 0. The van der Waals surface area contributed by atoms with Crippen LogP contribution in [0.25, 0.3) is 0 Å². The van der Waals surface area contributed by atoms with Gasteiger partial charge in [0.1, 0.15) is 0 Å². The lowest BCUT2D eigenvalue weighted by atomic mass is 9.91. The Kier molecular flexibility index (Phi) is 4.17. The Morgan fingerprint density at radius 3 is 2.71 bits per heavy atom. The van der Waals surface area contributed by atoms with E-state index in [1.807, 2.05) is 12.1 Å². The van der Waals surface area contributed by atoms with Gasteiger partial charge in [0.2, 0.25) is 0 Å². The van der Waals surface area contributed by atoms with Gasteiger partial charge < -0.3 is 10.5 Å². The molecule has 14 heavy (non-hydrogen) atoms. The van der Waals surface area contributed by atoms with E-state index in [2.05, 4.69) is 5.32 Å². The van der Waals surface area contributed by atoms with Gasteiger partial charge in [0, 0.05) is 11.6 Å². The summed E-state index contributed by atoms with van der Waals surface area (Å²) < 4.78 is 0.886. The zero-order chi connectivity index (χ0) is 9.10. The van der Waals surface area contributed by atoms with Crippen LogP contribution in [0.1, 0.15) is 24.3 Å². The van der Waals surface area contributed by atoms with Crippen LogP contribution in [0.2, 0.25) is 0 Å². The van der Waals surface area contributed by atoms with Crippen molar-refractivity contribution < 1.29 is 4.73 Å². The van der Waals surface area contributed by atoms with Crippen LogP contribution in [-0.4, -0.2) is 13.1 Å². The molecule has 2 heterocycles. The van der Waals surface area contributed by atoms with E-state index in [1.165, 1.54) is 11.8 Å². The molecule has 0 atom stereocenters. The fraction of sp³-hybridized carbons (Fsp3) is 0.500. The van der Waals surface area contributed by atoms with Gasteiger partial charge >= 0.3 is 0 Å². The molecule has 0 spiro atoms. The molecule has 1 aromatic rings. The third-order valence-corrected chi connectivity index (χ3v) is 2.61. The van der Waals surface area contributed by atoms with Crippen LogP contribution in [0.3, 0.4) is 0 Å². The number of nitrogens with zero attached hydrogens (tertiary/aromatic N) is 1. The summed E-state index contributed by atoms with van der Waals surface area (Å²) in [6.07, 6.45) is 5.51. The number of nitrogens with one attached hydrogen (secondary N) is 1. The molecule has 0 radical (unpaired) electrons. The fourth-order valence-electron chi connectivity index (χ4n) is 1.87. The van der Waals surface area contributed by atoms with Gasteiger partial charge in [0.15, 0.2) is 12.4 Å². The second kappa shape index (κ2) is 5.17. The van der Waals surface area contributed by atoms with Crippen molar-refractivity contribution in [3.05, 3.63) is 35.3 Å². The van der Waals surface area contributed by atoms with Crippen LogP contribution in [0.15, 0.2) is 24.5 Å². The van der Waals surface area contributed by atoms with Gasteiger partial charge in [0.05, 0.1) is 0 Å². The molecule has 0 amide bonds. The number of rotatable bonds is 1. The van der Waals surface area contributed by atoms with E-state index < -0.39 is 0 Å². The molecule has 0 unspecified atom stereocenters. The van der Waals surface area contributed by atoms with Crippen LogP contribution in [-0.2, 0) is 0 Å². The summed E-state index contributed by atoms with van der Waals surface area (Å²) in [6.45, 7) is 2.14. The van der Waals surface area contributed by atoms with E-state index in [0.717, 1.165) is 30.7 Å².